The molecule has 0 spiro atoms. The highest BCUT2D eigenvalue weighted by Gasteiger charge is 2.33. The van der Waals surface area contributed by atoms with Crippen molar-refractivity contribution in [3.8, 4) is 0 Å². The van der Waals surface area contributed by atoms with Crippen molar-refractivity contribution in [3.05, 3.63) is 35.5 Å². The van der Waals surface area contributed by atoms with Gasteiger partial charge in [0.1, 0.15) is 5.52 Å². The normalized spacial score (nSPS) is 12.0. The Morgan fingerprint density at radius 2 is 1.93 bits per heavy atom. The minimum atomic E-state index is -4.39. The number of benzene rings is 1. The van der Waals surface area contributed by atoms with E-state index in [1.165, 1.54) is 12.3 Å². The topological polar surface area (TPSA) is 25.8 Å². The van der Waals surface area contributed by atoms with E-state index in [1.807, 2.05) is 0 Å². The summed E-state index contributed by atoms with van der Waals surface area (Å²) in [5.41, 5.74) is -0.146. The number of rotatable bonds is 0. The highest BCUT2D eigenvalue weighted by atomic mass is 19.4. The fourth-order valence-electron chi connectivity index (χ4n) is 1.44. The molecule has 5 heteroatoms. The van der Waals surface area contributed by atoms with Crippen LogP contribution < -0.4 is 0 Å². The van der Waals surface area contributed by atoms with E-state index < -0.39 is 11.7 Å². The number of alkyl halides is 3. The summed E-state index contributed by atoms with van der Waals surface area (Å²) in [5, 5.41) is 7.56. The van der Waals surface area contributed by atoms with Crippen LogP contribution in [0.5, 0.6) is 0 Å². The van der Waals surface area contributed by atoms with Crippen LogP contribution in [-0.2, 0) is 6.18 Å². The molecule has 78 valence electrons. The van der Waals surface area contributed by atoms with Gasteiger partial charge in [0.15, 0.2) is 0 Å². The lowest BCUT2D eigenvalue weighted by Crippen LogP contribution is -2.07. The molecule has 0 unspecified atom stereocenters. The van der Waals surface area contributed by atoms with Gasteiger partial charge in [-0.1, -0.05) is 12.1 Å². The quantitative estimate of drug-likeness (QED) is 0.670. The van der Waals surface area contributed by atoms with Crippen molar-refractivity contribution in [2.45, 2.75) is 13.1 Å². The minimum Gasteiger partial charge on any atom is -0.166 e. The summed E-state index contributed by atoms with van der Waals surface area (Å²) in [4.78, 5) is 0. The molecule has 0 bridgehead atoms. The van der Waals surface area contributed by atoms with Crippen molar-refractivity contribution in [1.82, 2.24) is 10.2 Å². The highest BCUT2D eigenvalue weighted by Crippen LogP contribution is 2.33. The van der Waals surface area contributed by atoms with Gasteiger partial charge in [0.05, 0.1) is 11.8 Å². The van der Waals surface area contributed by atoms with Crippen LogP contribution in [0.1, 0.15) is 11.1 Å². The van der Waals surface area contributed by atoms with Gasteiger partial charge >= 0.3 is 6.18 Å². The minimum absolute atomic E-state index is 0.0926. The first-order valence-electron chi connectivity index (χ1n) is 4.28. The van der Waals surface area contributed by atoms with Crippen LogP contribution in [-0.4, -0.2) is 10.2 Å². The Labute approximate surface area is 83.7 Å². The maximum absolute atomic E-state index is 12.6. The zero-order valence-electron chi connectivity index (χ0n) is 7.84. The molecule has 0 aliphatic heterocycles. The van der Waals surface area contributed by atoms with E-state index in [0.717, 1.165) is 6.07 Å². The van der Waals surface area contributed by atoms with Crippen molar-refractivity contribution >= 4 is 10.9 Å². The third-order valence-electron chi connectivity index (χ3n) is 2.18. The first kappa shape index (κ1) is 9.89. The average Bonchev–Trinajstić information content (AvgIpc) is 2.16. The molecule has 1 heterocycles. The van der Waals surface area contributed by atoms with Gasteiger partial charge in [0.2, 0.25) is 0 Å². The molecule has 0 saturated carbocycles. The first-order valence-corrected chi connectivity index (χ1v) is 4.28. The number of aromatic nitrogens is 2. The van der Waals surface area contributed by atoms with Crippen LogP contribution in [0.2, 0.25) is 0 Å². The van der Waals surface area contributed by atoms with E-state index in [1.54, 1.807) is 13.0 Å². The Balaban J connectivity index is 2.83. The van der Waals surface area contributed by atoms with Crippen LogP contribution in [0, 0.1) is 6.92 Å². The molecule has 0 N–H and O–H groups in total. The van der Waals surface area contributed by atoms with Crippen molar-refractivity contribution in [2.24, 2.45) is 0 Å². The lowest BCUT2D eigenvalue weighted by atomic mass is 10.1. The molecule has 0 amide bonds. The Morgan fingerprint density at radius 1 is 1.20 bits per heavy atom. The van der Waals surface area contributed by atoms with E-state index in [9.17, 15) is 13.2 Å². The Bertz CT molecular complexity index is 505. The monoisotopic (exact) mass is 212 g/mol. The maximum atomic E-state index is 12.6. The van der Waals surface area contributed by atoms with Crippen LogP contribution >= 0.6 is 0 Å². The molecule has 0 fully saturated rings. The van der Waals surface area contributed by atoms with Crippen LogP contribution in [0.15, 0.2) is 24.4 Å². The van der Waals surface area contributed by atoms with E-state index >= 15 is 0 Å². The second-order valence-corrected chi connectivity index (χ2v) is 3.23. The van der Waals surface area contributed by atoms with Gasteiger partial charge in [0, 0.05) is 5.39 Å². The lowest BCUT2D eigenvalue weighted by molar-refractivity contribution is -0.136. The molecule has 0 aliphatic rings. The molecular weight excluding hydrogens is 205 g/mol. The number of hydrogen-bond donors (Lipinski definition) is 0. The van der Waals surface area contributed by atoms with E-state index in [-0.39, 0.29) is 5.52 Å². The standard InChI is InChI=1S/C10H7F3N2/c1-6-5-14-15-9-7(6)3-2-4-8(9)10(11,12)13/h2-5H,1H3. The van der Waals surface area contributed by atoms with Crippen molar-refractivity contribution in [3.63, 3.8) is 0 Å². The molecule has 2 rings (SSSR count). The summed E-state index contributed by atoms with van der Waals surface area (Å²) < 4.78 is 37.7. The molecule has 1 aromatic heterocycles. The highest BCUT2D eigenvalue weighted by molar-refractivity contribution is 5.84. The number of hydrogen-bond acceptors (Lipinski definition) is 2. The molecule has 0 radical (unpaired) electrons. The molecule has 1 aromatic carbocycles. The first-order chi connectivity index (χ1) is 7.00. The SMILES string of the molecule is Cc1cnnc2c(C(F)(F)F)cccc12. The van der Waals surface area contributed by atoms with Crippen molar-refractivity contribution in [2.75, 3.05) is 0 Å². The van der Waals surface area contributed by atoms with Gasteiger partial charge in [-0.05, 0) is 18.6 Å². The van der Waals surface area contributed by atoms with Gasteiger partial charge in [-0.15, -0.1) is 5.10 Å². The van der Waals surface area contributed by atoms with Gasteiger partial charge in [-0.3, -0.25) is 0 Å². The summed E-state index contributed by atoms with van der Waals surface area (Å²) in [7, 11) is 0. The second kappa shape index (κ2) is 3.18. The molecule has 2 nitrogen and oxygen atoms in total. The van der Waals surface area contributed by atoms with Crippen LogP contribution in [0.4, 0.5) is 13.2 Å². The summed E-state index contributed by atoms with van der Waals surface area (Å²) in [6.07, 6.45) is -2.94. The number of aryl methyl sites for hydroxylation is 1. The summed E-state index contributed by atoms with van der Waals surface area (Å²) in [5.74, 6) is 0. The third kappa shape index (κ3) is 1.65. The van der Waals surface area contributed by atoms with Crippen LogP contribution in [0.25, 0.3) is 10.9 Å². The Kier molecular flexibility index (Phi) is 2.10. The molecule has 0 aliphatic carbocycles. The summed E-state index contributed by atoms with van der Waals surface area (Å²) in [6, 6.07) is 3.99. The predicted octanol–water partition coefficient (Wildman–Crippen LogP) is 2.96. The fourth-order valence-corrected chi connectivity index (χ4v) is 1.44. The van der Waals surface area contributed by atoms with Gasteiger partial charge < -0.3 is 0 Å². The average molecular weight is 212 g/mol. The second-order valence-electron chi connectivity index (χ2n) is 3.23. The number of nitrogens with zero attached hydrogens (tertiary/aromatic N) is 2. The number of fused-ring (bicyclic) bond motifs is 1. The van der Waals surface area contributed by atoms with Crippen LogP contribution in [0.3, 0.4) is 0 Å². The molecule has 0 saturated heterocycles. The zero-order valence-corrected chi connectivity index (χ0v) is 7.84. The number of halogens is 3. The maximum Gasteiger partial charge on any atom is 0.418 e. The predicted molar refractivity (Wildman–Crippen MR) is 49.3 cm³/mol. The summed E-state index contributed by atoms with van der Waals surface area (Å²) >= 11 is 0. The third-order valence-corrected chi connectivity index (χ3v) is 2.18. The Hall–Kier alpha value is -1.65. The van der Waals surface area contributed by atoms with Gasteiger partial charge in [-0.2, -0.15) is 18.3 Å². The summed E-state index contributed by atoms with van der Waals surface area (Å²) in [6.45, 7) is 1.71. The largest absolute Gasteiger partial charge is 0.418 e. The molecular formula is C10H7F3N2. The van der Waals surface area contributed by atoms with Gasteiger partial charge in [0.25, 0.3) is 0 Å². The molecule has 0 atom stereocenters. The lowest BCUT2D eigenvalue weighted by Gasteiger charge is -2.09. The van der Waals surface area contributed by atoms with Gasteiger partial charge in [-0.25, -0.2) is 0 Å². The van der Waals surface area contributed by atoms with E-state index in [4.69, 9.17) is 0 Å². The fraction of sp³-hybridized carbons (Fsp3) is 0.200. The van der Waals surface area contributed by atoms with E-state index in [0.29, 0.717) is 10.9 Å². The van der Waals surface area contributed by atoms with Crippen molar-refractivity contribution in [1.29, 1.82) is 0 Å². The molecule has 2 aromatic rings. The van der Waals surface area contributed by atoms with Crippen molar-refractivity contribution < 1.29 is 13.2 Å². The zero-order chi connectivity index (χ0) is 11.1. The smallest absolute Gasteiger partial charge is 0.166 e. The van der Waals surface area contributed by atoms with E-state index in [2.05, 4.69) is 10.2 Å². The molecule has 15 heavy (non-hydrogen) atoms. The Morgan fingerprint density at radius 3 is 2.60 bits per heavy atom.